The van der Waals surface area contributed by atoms with Crippen molar-refractivity contribution < 1.29 is 56.5 Å². The number of rotatable bonds is 12. The zero-order valence-electron chi connectivity index (χ0n) is 30.4. The number of fused-ring (bicyclic) bond motifs is 1. The first kappa shape index (κ1) is 41.2. The van der Waals surface area contributed by atoms with Gasteiger partial charge in [-0.25, -0.2) is 4.79 Å². The minimum absolute atomic E-state index is 0.00600. The van der Waals surface area contributed by atoms with Crippen molar-refractivity contribution in [2.45, 2.75) is 77.3 Å². The first-order valence-corrected chi connectivity index (χ1v) is 17.6. The van der Waals surface area contributed by atoms with Crippen LogP contribution >= 0.6 is 0 Å². The van der Waals surface area contributed by atoms with Crippen LogP contribution in [0.1, 0.15) is 61.5 Å². The molecule has 0 spiro atoms. The van der Waals surface area contributed by atoms with Crippen molar-refractivity contribution in [3.05, 3.63) is 83.4 Å². The van der Waals surface area contributed by atoms with Crippen LogP contribution in [0, 0.1) is 0 Å². The number of likely N-dealkylation sites (tertiary alicyclic amines) is 1. The standard InChI is InChI=1S/C36H45N5O6.C2HF3O2/c1-4-17-41(21-26-9-16-32-33(20-26)47-23-46-32)18-5-6-29(22-41)40(31(34(37)43)19-25-7-14-30(42)15-8-25)36(45)39-28-12-10-27(11-13-28)35(44)38-24(2)3;3-2(4,5)1(6)7/h7-16,20,24,29,31H,4-6,17-19,21-23H2,1-3H3,(H4-,37,38,39,42,43,44,45);(H,6,7)/t29-,31+,41?;/m1./s1. The lowest BCUT2D eigenvalue weighted by molar-refractivity contribution is -0.946. The zero-order valence-corrected chi connectivity index (χ0v) is 30.4. The molecule has 1 saturated heterocycles. The third kappa shape index (κ3) is 11.2. The summed E-state index contributed by atoms with van der Waals surface area (Å²) in [6, 6.07) is 17.7. The summed E-state index contributed by atoms with van der Waals surface area (Å²) in [4.78, 5) is 50.3. The Bertz CT molecular complexity index is 1770. The number of halogens is 3. The highest BCUT2D eigenvalue weighted by atomic mass is 19.4. The van der Waals surface area contributed by atoms with E-state index in [2.05, 4.69) is 23.6 Å². The van der Waals surface area contributed by atoms with E-state index in [0.29, 0.717) is 24.2 Å². The molecule has 0 radical (unpaired) electrons. The van der Waals surface area contributed by atoms with Crippen LogP contribution in [0.4, 0.5) is 23.7 Å². The number of phenolic OH excluding ortho intramolecular Hbond substituents is 1. The van der Waals surface area contributed by atoms with Gasteiger partial charge in [-0.05, 0) is 93.3 Å². The lowest BCUT2D eigenvalue weighted by Gasteiger charge is -2.48. The van der Waals surface area contributed by atoms with Crippen LogP contribution in [-0.2, 0) is 22.6 Å². The number of nitrogens with two attached hydrogens (primary N) is 1. The molecule has 1 unspecified atom stereocenters. The van der Waals surface area contributed by atoms with E-state index >= 15 is 0 Å². The maximum atomic E-state index is 14.3. The molecule has 4 amide bonds. The van der Waals surface area contributed by atoms with Gasteiger partial charge in [0.2, 0.25) is 12.7 Å². The second-order valence-corrected chi connectivity index (χ2v) is 13.7. The molecule has 3 aromatic rings. The van der Waals surface area contributed by atoms with Gasteiger partial charge in [-0.3, -0.25) is 9.59 Å². The van der Waals surface area contributed by atoms with Crippen molar-refractivity contribution >= 4 is 29.5 Å². The van der Waals surface area contributed by atoms with E-state index in [4.69, 9.17) is 25.1 Å². The number of alkyl halides is 3. The zero-order chi connectivity index (χ0) is 39.6. The lowest BCUT2D eigenvalue weighted by Crippen LogP contribution is -2.64. The normalized spacial score (nSPS) is 18.2. The van der Waals surface area contributed by atoms with Gasteiger partial charge in [-0.15, -0.1) is 0 Å². The summed E-state index contributed by atoms with van der Waals surface area (Å²) >= 11 is 0. The van der Waals surface area contributed by atoms with Gasteiger partial charge < -0.3 is 50.2 Å². The number of carboxylic acid groups (broad SMARTS) is 1. The van der Waals surface area contributed by atoms with E-state index < -0.39 is 30.1 Å². The number of quaternary nitrogens is 1. The summed E-state index contributed by atoms with van der Waals surface area (Å²) in [5.74, 6) is -2.22. The van der Waals surface area contributed by atoms with Gasteiger partial charge in [0.15, 0.2) is 11.5 Å². The number of benzene rings is 3. The number of carbonyl (C=O) groups excluding carboxylic acids is 4. The number of ether oxygens (including phenoxy) is 2. The van der Waals surface area contributed by atoms with E-state index in [-0.39, 0.29) is 37.0 Å². The van der Waals surface area contributed by atoms with Crippen molar-refractivity contribution in [2.24, 2.45) is 5.73 Å². The molecule has 0 bridgehead atoms. The number of urea groups is 1. The number of anilines is 1. The Morgan fingerprint density at radius 3 is 2.22 bits per heavy atom. The number of phenols is 1. The molecule has 2 aliphatic rings. The highest BCUT2D eigenvalue weighted by molar-refractivity contribution is 5.96. The SMILES string of the molecule is CCC[N+]1(Cc2ccc3c(c2)OCO3)CCC[C@@H](N(C(=O)Nc2ccc(C(=O)NC(C)C)cc2)[C@@H](Cc2ccc(O)cc2)C(N)=O)C1.O=C([O-])C(F)(F)F. The molecule has 5 rings (SSSR count). The molecule has 2 heterocycles. The number of nitrogens with one attached hydrogen (secondary N) is 2. The minimum Gasteiger partial charge on any atom is -0.542 e. The summed E-state index contributed by atoms with van der Waals surface area (Å²) in [6.07, 6.45) is -2.47. The lowest BCUT2D eigenvalue weighted by atomic mass is 9.95. The second kappa shape index (κ2) is 18.0. The summed E-state index contributed by atoms with van der Waals surface area (Å²) in [5, 5.41) is 24.5. The molecule has 3 atom stereocenters. The number of hydrogen-bond acceptors (Lipinski definition) is 8. The Balaban J connectivity index is 0.000000845. The summed E-state index contributed by atoms with van der Waals surface area (Å²) in [7, 11) is 0. The number of aromatic hydroxyl groups is 1. The summed E-state index contributed by atoms with van der Waals surface area (Å²) in [5.41, 5.74) is 8.94. The summed E-state index contributed by atoms with van der Waals surface area (Å²) in [6.45, 7) is 9.39. The van der Waals surface area contributed by atoms with E-state index in [1.807, 2.05) is 26.0 Å². The van der Waals surface area contributed by atoms with Gasteiger partial charge in [-0.1, -0.05) is 19.1 Å². The van der Waals surface area contributed by atoms with Crippen LogP contribution in [0.3, 0.4) is 0 Å². The average Bonchev–Trinajstić information content (AvgIpc) is 3.57. The third-order valence-corrected chi connectivity index (χ3v) is 9.13. The molecule has 0 saturated carbocycles. The number of aliphatic carboxylic acids is 1. The Hall–Kier alpha value is -5.51. The molecule has 13 nitrogen and oxygen atoms in total. The predicted molar refractivity (Wildman–Crippen MR) is 190 cm³/mol. The third-order valence-electron chi connectivity index (χ3n) is 9.13. The monoisotopic (exact) mass is 757 g/mol. The van der Waals surface area contributed by atoms with Crippen molar-refractivity contribution in [1.82, 2.24) is 10.2 Å². The highest BCUT2D eigenvalue weighted by Crippen LogP contribution is 2.35. The molecular formula is C38H46F3N5O8. The Morgan fingerprint density at radius 1 is 1.00 bits per heavy atom. The van der Waals surface area contributed by atoms with Gasteiger partial charge in [0.1, 0.15) is 24.3 Å². The van der Waals surface area contributed by atoms with Crippen molar-refractivity contribution in [2.75, 3.05) is 31.7 Å². The Morgan fingerprint density at radius 2 is 1.63 bits per heavy atom. The minimum atomic E-state index is -5.19. The quantitative estimate of drug-likeness (QED) is 0.199. The molecule has 0 aliphatic carbocycles. The fourth-order valence-electron chi connectivity index (χ4n) is 6.84. The number of piperidine rings is 1. The largest absolute Gasteiger partial charge is 0.542 e. The maximum Gasteiger partial charge on any atom is 0.430 e. The molecule has 1 fully saturated rings. The second-order valence-electron chi connectivity index (χ2n) is 13.7. The van der Waals surface area contributed by atoms with Crippen LogP contribution in [0.5, 0.6) is 17.2 Å². The average molecular weight is 758 g/mol. The Labute approximate surface area is 311 Å². The first-order chi connectivity index (χ1) is 25.5. The van der Waals surface area contributed by atoms with E-state index in [0.717, 1.165) is 59.6 Å². The molecule has 292 valence electrons. The molecule has 2 aliphatic heterocycles. The van der Waals surface area contributed by atoms with Crippen molar-refractivity contribution in [3.8, 4) is 17.2 Å². The fourth-order valence-corrected chi connectivity index (χ4v) is 6.84. The van der Waals surface area contributed by atoms with Crippen molar-refractivity contribution in [3.63, 3.8) is 0 Å². The molecule has 16 heteroatoms. The number of hydrogen-bond donors (Lipinski definition) is 4. The molecule has 5 N–H and O–H groups in total. The van der Waals surface area contributed by atoms with Crippen LogP contribution in [0.15, 0.2) is 66.7 Å². The van der Waals surface area contributed by atoms with Gasteiger partial charge >= 0.3 is 12.2 Å². The smallest absolute Gasteiger partial charge is 0.430 e. The highest BCUT2D eigenvalue weighted by Gasteiger charge is 2.43. The molecular weight excluding hydrogens is 711 g/mol. The van der Waals surface area contributed by atoms with Crippen LogP contribution in [0.25, 0.3) is 0 Å². The predicted octanol–water partition coefficient (Wildman–Crippen LogP) is 4.08. The van der Waals surface area contributed by atoms with E-state index in [1.165, 1.54) is 0 Å². The number of primary amides is 1. The van der Waals surface area contributed by atoms with Gasteiger partial charge in [0.25, 0.3) is 5.91 Å². The van der Waals surface area contributed by atoms with Crippen LogP contribution in [0.2, 0.25) is 0 Å². The van der Waals surface area contributed by atoms with E-state index in [1.54, 1.807) is 53.4 Å². The number of carbonyl (C=O) groups is 4. The molecule has 54 heavy (non-hydrogen) atoms. The van der Waals surface area contributed by atoms with Crippen LogP contribution in [-0.4, -0.2) is 89.0 Å². The van der Waals surface area contributed by atoms with Gasteiger partial charge in [0, 0.05) is 29.3 Å². The summed E-state index contributed by atoms with van der Waals surface area (Å²) < 4.78 is 43.5. The number of carboxylic acids is 1. The molecule has 3 aromatic carbocycles. The van der Waals surface area contributed by atoms with E-state index in [9.17, 15) is 32.7 Å². The Kier molecular flexibility index (Phi) is 13.8. The topological polar surface area (TPSA) is 183 Å². The van der Waals surface area contributed by atoms with Gasteiger partial charge in [-0.2, -0.15) is 13.2 Å². The molecule has 0 aromatic heterocycles. The number of amides is 4. The van der Waals surface area contributed by atoms with Gasteiger partial charge in [0.05, 0.1) is 25.7 Å². The fraction of sp³-hybridized carbons (Fsp3) is 0.421. The first-order valence-electron chi connectivity index (χ1n) is 17.6. The number of nitrogens with zero attached hydrogens (tertiary/aromatic N) is 2. The van der Waals surface area contributed by atoms with Crippen molar-refractivity contribution in [1.29, 1.82) is 0 Å². The van der Waals surface area contributed by atoms with Crippen LogP contribution < -0.4 is 30.9 Å². The maximum absolute atomic E-state index is 14.3.